The summed E-state index contributed by atoms with van der Waals surface area (Å²) < 4.78 is 0. The molecule has 1 heterocycles. The topological polar surface area (TPSA) is 49.3 Å². The van der Waals surface area contributed by atoms with Crippen molar-refractivity contribution in [1.82, 2.24) is 15.6 Å². The summed E-state index contributed by atoms with van der Waals surface area (Å²) in [5.41, 5.74) is 2.17. The zero-order chi connectivity index (χ0) is 16.5. The van der Waals surface area contributed by atoms with Crippen molar-refractivity contribution in [2.75, 3.05) is 13.1 Å². The molecule has 23 heavy (non-hydrogen) atoms. The van der Waals surface area contributed by atoms with Gasteiger partial charge in [-0.2, -0.15) is 0 Å². The van der Waals surface area contributed by atoms with Crippen molar-refractivity contribution in [3.8, 4) is 0 Å². The molecule has 0 fully saturated rings. The van der Waals surface area contributed by atoms with Gasteiger partial charge in [-0.3, -0.25) is 0 Å². The number of guanidine groups is 1. The Labute approximate surface area is 147 Å². The van der Waals surface area contributed by atoms with Gasteiger partial charge in [0.25, 0.3) is 0 Å². The molecule has 2 N–H and O–H groups in total. The molecule has 6 heteroatoms. The van der Waals surface area contributed by atoms with Gasteiger partial charge in [0.15, 0.2) is 5.96 Å². The fourth-order valence-electron chi connectivity index (χ4n) is 2.10. The van der Waals surface area contributed by atoms with Gasteiger partial charge >= 0.3 is 0 Å². The molecule has 0 saturated heterocycles. The molecule has 1 aromatic carbocycles. The molecule has 1 aromatic heterocycles. The molecule has 0 atom stereocenters. The van der Waals surface area contributed by atoms with Crippen molar-refractivity contribution >= 4 is 28.9 Å². The van der Waals surface area contributed by atoms with E-state index >= 15 is 0 Å². The Kier molecular flexibility index (Phi) is 7.36. The molecule has 2 rings (SSSR count). The summed E-state index contributed by atoms with van der Waals surface area (Å²) in [6.45, 7) is 6.38. The number of nitrogens with one attached hydrogen (secondary N) is 2. The smallest absolute Gasteiger partial charge is 0.191 e. The first kappa shape index (κ1) is 17.8. The lowest BCUT2D eigenvalue weighted by atomic mass is 10.1. The maximum Gasteiger partial charge on any atom is 0.191 e. The number of rotatable bonds is 7. The van der Waals surface area contributed by atoms with Crippen molar-refractivity contribution in [1.29, 1.82) is 0 Å². The molecule has 0 bridgehead atoms. The summed E-state index contributed by atoms with van der Waals surface area (Å²) in [5.74, 6) is 0.811. The summed E-state index contributed by atoms with van der Waals surface area (Å²) in [6, 6.07) is 7.93. The van der Waals surface area contributed by atoms with Crippen LogP contribution in [-0.2, 0) is 19.4 Å². The average molecular weight is 351 g/mol. The second-order valence-corrected chi connectivity index (χ2v) is 6.40. The first-order chi connectivity index (χ1) is 11.2. The van der Waals surface area contributed by atoms with Gasteiger partial charge in [-0.15, -0.1) is 11.3 Å². The van der Waals surface area contributed by atoms with Gasteiger partial charge in [0.2, 0.25) is 0 Å². The molecule has 0 aliphatic heterocycles. The van der Waals surface area contributed by atoms with E-state index < -0.39 is 0 Å². The normalized spacial score (nSPS) is 11.5. The highest BCUT2D eigenvalue weighted by molar-refractivity contribution is 7.09. The lowest BCUT2D eigenvalue weighted by Gasteiger charge is -2.11. The maximum atomic E-state index is 6.18. The fourth-order valence-corrected chi connectivity index (χ4v) is 3.07. The predicted octanol–water partition coefficient (Wildman–Crippen LogP) is 3.66. The first-order valence-corrected chi connectivity index (χ1v) is 9.17. The largest absolute Gasteiger partial charge is 0.357 e. The number of aliphatic imine (C=N–C) groups is 1. The third kappa shape index (κ3) is 5.84. The van der Waals surface area contributed by atoms with Crippen molar-refractivity contribution in [3.05, 3.63) is 50.9 Å². The summed E-state index contributed by atoms with van der Waals surface area (Å²) in [4.78, 5) is 9.13. The SMILES string of the molecule is CCNC(=NCc1csc(CC)n1)NCCc1ccccc1Cl. The molecule has 0 aliphatic carbocycles. The molecule has 0 radical (unpaired) electrons. The highest BCUT2D eigenvalue weighted by atomic mass is 35.5. The van der Waals surface area contributed by atoms with Crippen LogP contribution >= 0.6 is 22.9 Å². The van der Waals surface area contributed by atoms with E-state index in [-0.39, 0.29) is 0 Å². The fraction of sp³-hybridized carbons (Fsp3) is 0.412. The van der Waals surface area contributed by atoms with Crippen LogP contribution in [0.5, 0.6) is 0 Å². The number of aryl methyl sites for hydroxylation is 1. The Hall–Kier alpha value is -1.59. The Morgan fingerprint density at radius 3 is 2.78 bits per heavy atom. The average Bonchev–Trinajstić information content (AvgIpc) is 3.02. The molecule has 0 unspecified atom stereocenters. The van der Waals surface area contributed by atoms with E-state index in [1.54, 1.807) is 11.3 Å². The van der Waals surface area contributed by atoms with Crippen LogP contribution in [0.1, 0.15) is 30.1 Å². The second kappa shape index (κ2) is 9.53. The van der Waals surface area contributed by atoms with Gasteiger partial charge < -0.3 is 10.6 Å². The molecule has 4 nitrogen and oxygen atoms in total. The van der Waals surface area contributed by atoms with Gasteiger partial charge in [0.05, 0.1) is 17.2 Å². The lowest BCUT2D eigenvalue weighted by Crippen LogP contribution is -2.38. The highest BCUT2D eigenvalue weighted by Crippen LogP contribution is 2.14. The zero-order valence-electron chi connectivity index (χ0n) is 13.6. The van der Waals surface area contributed by atoms with Crippen LogP contribution in [0.15, 0.2) is 34.6 Å². The molecular weight excluding hydrogens is 328 g/mol. The summed E-state index contributed by atoms with van der Waals surface area (Å²) in [6.07, 6.45) is 1.84. The molecular formula is C17H23ClN4S. The van der Waals surface area contributed by atoms with Crippen LogP contribution in [0.4, 0.5) is 0 Å². The van der Waals surface area contributed by atoms with E-state index in [9.17, 15) is 0 Å². The van der Waals surface area contributed by atoms with E-state index in [2.05, 4.69) is 45.9 Å². The van der Waals surface area contributed by atoms with Gasteiger partial charge in [-0.25, -0.2) is 9.98 Å². The number of aromatic nitrogens is 1. The van der Waals surface area contributed by atoms with Crippen molar-refractivity contribution < 1.29 is 0 Å². The number of nitrogens with zero attached hydrogens (tertiary/aromatic N) is 2. The Morgan fingerprint density at radius 1 is 1.26 bits per heavy atom. The Balaban J connectivity index is 1.87. The van der Waals surface area contributed by atoms with Gasteiger partial charge in [-0.1, -0.05) is 36.7 Å². The minimum absolute atomic E-state index is 0.595. The number of benzene rings is 1. The molecule has 0 amide bonds. The van der Waals surface area contributed by atoms with Crippen LogP contribution in [0.2, 0.25) is 5.02 Å². The predicted molar refractivity (Wildman–Crippen MR) is 99.5 cm³/mol. The van der Waals surface area contributed by atoms with E-state index in [4.69, 9.17) is 11.6 Å². The van der Waals surface area contributed by atoms with E-state index in [1.807, 2.05) is 18.2 Å². The molecule has 2 aromatic rings. The summed E-state index contributed by atoms with van der Waals surface area (Å²) in [5, 5.41) is 10.6. The number of hydrogen-bond donors (Lipinski definition) is 2. The van der Waals surface area contributed by atoms with Crippen molar-refractivity contribution in [3.63, 3.8) is 0 Å². The summed E-state index contributed by atoms with van der Waals surface area (Å²) in [7, 11) is 0. The standard InChI is InChI=1S/C17H23ClN4S/c1-3-16-22-14(12-23-16)11-21-17(19-4-2)20-10-9-13-7-5-6-8-15(13)18/h5-8,12H,3-4,9-11H2,1-2H3,(H2,19,20,21). The first-order valence-electron chi connectivity index (χ1n) is 7.91. The van der Waals surface area contributed by atoms with E-state index in [0.717, 1.165) is 53.2 Å². The maximum absolute atomic E-state index is 6.18. The highest BCUT2D eigenvalue weighted by Gasteiger charge is 2.03. The third-order valence-electron chi connectivity index (χ3n) is 3.29. The molecule has 124 valence electrons. The van der Waals surface area contributed by atoms with Gasteiger partial charge in [-0.05, 0) is 31.4 Å². The quantitative estimate of drug-likeness (QED) is 0.592. The van der Waals surface area contributed by atoms with Crippen LogP contribution in [0.3, 0.4) is 0 Å². The Bertz CT molecular complexity index is 639. The van der Waals surface area contributed by atoms with Crippen LogP contribution < -0.4 is 10.6 Å². The lowest BCUT2D eigenvalue weighted by molar-refractivity contribution is 0.797. The van der Waals surface area contributed by atoms with Crippen LogP contribution in [0.25, 0.3) is 0 Å². The summed E-state index contributed by atoms with van der Waals surface area (Å²) >= 11 is 7.87. The molecule has 0 spiro atoms. The van der Waals surface area contributed by atoms with Gasteiger partial charge in [0.1, 0.15) is 0 Å². The second-order valence-electron chi connectivity index (χ2n) is 5.05. The molecule has 0 saturated carbocycles. The van der Waals surface area contributed by atoms with Crippen LogP contribution in [0, 0.1) is 0 Å². The van der Waals surface area contributed by atoms with Crippen molar-refractivity contribution in [2.24, 2.45) is 4.99 Å². The van der Waals surface area contributed by atoms with E-state index in [0.29, 0.717) is 6.54 Å². The minimum Gasteiger partial charge on any atom is -0.357 e. The van der Waals surface area contributed by atoms with Crippen LogP contribution in [-0.4, -0.2) is 24.0 Å². The third-order valence-corrected chi connectivity index (χ3v) is 4.70. The number of thiazole rings is 1. The number of halogens is 1. The molecule has 0 aliphatic rings. The number of hydrogen-bond acceptors (Lipinski definition) is 3. The van der Waals surface area contributed by atoms with Gasteiger partial charge in [0, 0.05) is 23.5 Å². The monoisotopic (exact) mass is 350 g/mol. The van der Waals surface area contributed by atoms with E-state index in [1.165, 1.54) is 0 Å². The van der Waals surface area contributed by atoms with Crippen molar-refractivity contribution in [2.45, 2.75) is 33.2 Å². The Morgan fingerprint density at radius 2 is 2.09 bits per heavy atom. The zero-order valence-corrected chi connectivity index (χ0v) is 15.2. The minimum atomic E-state index is 0.595.